The Morgan fingerprint density at radius 1 is 1.46 bits per heavy atom. The molecule has 0 radical (unpaired) electrons. The number of carboxylic acid groups (broad SMARTS) is 1. The van der Waals surface area contributed by atoms with Crippen molar-refractivity contribution in [2.75, 3.05) is 0 Å². The molecule has 1 aliphatic carbocycles. The van der Waals surface area contributed by atoms with E-state index in [1.54, 1.807) is 12.3 Å². The van der Waals surface area contributed by atoms with Crippen molar-refractivity contribution in [1.29, 1.82) is 0 Å². The highest BCUT2D eigenvalue weighted by Gasteiger charge is 2.43. The van der Waals surface area contributed by atoms with Gasteiger partial charge < -0.3 is 20.4 Å². The van der Waals surface area contributed by atoms with Gasteiger partial charge in [0.05, 0.1) is 5.69 Å². The van der Waals surface area contributed by atoms with E-state index < -0.39 is 17.6 Å². The van der Waals surface area contributed by atoms with Crippen LogP contribution in [0.3, 0.4) is 0 Å². The Morgan fingerprint density at radius 3 is 2.81 bits per heavy atom. The van der Waals surface area contributed by atoms with Crippen molar-refractivity contribution in [3.8, 4) is 0 Å². The van der Waals surface area contributed by atoms with E-state index >= 15 is 0 Å². The van der Waals surface area contributed by atoms with Gasteiger partial charge in [0.25, 0.3) is 0 Å². The molecule has 6 heteroatoms. The molecular formula is C20H28N2O4. The van der Waals surface area contributed by atoms with Crippen molar-refractivity contribution in [1.82, 2.24) is 4.98 Å². The molecule has 2 aromatic rings. The van der Waals surface area contributed by atoms with E-state index in [-0.39, 0.29) is 12.3 Å². The minimum atomic E-state index is -2.06. The van der Waals surface area contributed by atoms with Gasteiger partial charge in [0.2, 0.25) is 0 Å². The molecule has 2 unspecified atom stereocenters. The van der Waals surface area contributed by atoms with Gasteiger partial charge >= 0.3 is 5.97 Å². The van der Waals surface area contributed by atoms with Crippen LogP contribution in [-0.2, 0) is 17.6 Å². The Hall–Kier alpha value is -1.92. The van der Waals surface area contributed by atoms with Crippen LogP contribution >= 0.6 is 0 Å². The molecular weight excluding hydrogens is 332 g/mol. The van der Waals surface area contributed by atoms with Gasteiger partial charge in [0, 0.05) is 30.5 Å². The van der Waals surface area contributed by atoms with Crippen LogP contribution in [0.4, 0.5) is 0 Å². The monoisotopic (exact) mass is 360 g/mol. The number of aliphatic hydroxyl groups is 1. The lowest BCUT2D eigenvalue weighted by Crippen LogP contribution is -2.56. The number of aliphatic carboxylic acids is 1. The molecule has 1 saturated carbocycles. The number of nitrogens with zero attached hydrogens (tertiary/aromatic N) is 1. The first-order valence-corrected chi connectivity index (χ1v) is 9.37. The fourth-order valence-corrected chi connectivity index (χ4v) is 3.41. The number of aromatic nitrogens is 1. The molecule has 2 atom stereocenters. The first-order valence-electron chi connectivity index (χ1n) is 9.37. The fourth-order valence-electron chi connectivity index (χ4n) is 3.41. The average molecular weight is 360 g/mol. The van der Waals surface area contributed by atoms with Gasteiger partial charge in [0.1, 0.15) is 11.3 Å². The summed E-state index contributed by atoms with van der Waals surface area (Å²) in [5.74, 6) is 0.558. The zero-order valence-corrected chi connectivity index (χ0v) is 15.4. The van der Waals surface area contributed by atoms with E-state index in [4.69, 9.17) is 10.2 Å². The zero-order valence-electron chi connectivity index (χ0n) is 15.4. The average Bonchev–Trinajstić information content (AvgIpc) is 3.30. The Morgan fingerprint density at radius 2 is 2.19 bits per heavy atom. The molecule has 3 rings (SSSR count). The van der Waals surface area contributed by atoms with Crippen LogP contribution in [0.15, 0.2) is 22.7 Å². The highest BCUT2D eigenvalue weighted by molar-refractivity contribution is 5.83. The molecule has 6 nitrogen and oxygen atoms in total. The molecule has 0 saturated heterocycles. The number of pyridine rings is 1. The van der Waals surface area contributed by atoms with Crippen molar-refractivity contribution in [2.24, 2.45) is 17.6 Å². The van der Waals surface area contributed by atoms with Crippen molar-refractivity contribution < 1.29 is 19.4 Å². The van der Waals surface area contributed by atoms with Gasteiger partial charge in [0.15, 0.2) is 5.60 Å². The number of nitrogens with two attached hydrogens (primary N) is 1. The number of aryl methyl sites for hydroxylation is 1. The Bertz CT molecular complexity index is 781. The van der Waals surface area contributed by atoms with Gasteiger partial charge in [-0.2, -0.15) is 0 Å². The van der Waals surface area contributed by atoms with Crippen molar-refractivity contribution in [3.05, 3.63) is 29.8 Å². The second-order valence-corrected chi connectivity index (χ2v) is 8.01. The number of carboxylic acids is 1. The van der Waals surface area contributed by atoms with Crippen LogP contribution in [0.2, 0.25) is 0 Å². The normalized spacial score (nSPS) is 18.2. The van der Waals surface area contributed by atoms with Crippen molar-refractivity contribution in [3.63, 3.8) is 0 Å². The van der Waals surface area contributed by atoms with Crippen molar-refractivity contribution >= 4 is 16.9 Å². The Kier molecular flexibility index (Phi) is 5.34. The summed E-state index contributed by atoms with van der Waals surface area (Å²) in [4.78, 5) is 16.1. The van der Waals surface area contributed by atoms with Crippen LogP contribution in [0, 0.1) is 11.8 Å². The Labute approximate surface area is 153 Å². The molecule has 0 aliphatic heterocycles. The molecule has 2 heterocycles. The van der Waals surface area contributed by atoms with E-state index in [1.807, 2.05) is 19.9 Å². The number of carbonyl (C=O) groups is 1. The molecule has 2 aromatic heterocycles. The van der Waals surface area contributed by atoms with Crippen LogP contribution in [0.25, 0.3) is 11.0 Å². The highest BCUT2D eigenvalue weighted by atomic mass is 16.4. The number of hydrogen-bond donors (Lipinski definition) is 3. The third-order valence-electron chi connectivity index (χ3n) is 5.22. The molecule has 26 heavy (non-hydrogen) atoms. The van der Waals surface area contributed by atoms with E-state index in [2.05, 4.69) is 4.98 Å². The molecule has 0 bridgehead atoms. The molecule has 0 aromatic carbocycles. The SMILES string of the molecule is CC(C)CC(N)C(O)(Cc1nccc2oc(CCC3CC3)cc12)C(=O)O. The summed E-state index contributed by atoms with van der Waals surface area (Å²) >= 11 is 0. The molecule has 0 amide bonds. The highest BCUT2D eigenvalue weighted by Crippen LogP contribution is 2.34. The van der Waals surface area contributed by atoms with E-state index in [1.165, 1.54) is 12.8 Å². The summed E-state index contributed by atoms with van der Waals surface area (Å²) in [6.45, 7) is 3.90. The van der Waals surface area contributed by atoms with Gasteiger partial charge in [-0.05, 0) is 36.8 Å². The summed E-state index contributed by atoms with van der Waals surface area (Å²) in [5, 5.41) is 21.2. The topological polar surface area (TPSA) is 110 Å². The summed E-state index contributed by atoms with van der Waals surface area (Å²) in [6.07, 6.45) is 6.43. The smallest absolute Gasteiger partial charge is 0.337 e. The number of rotatable bonds is 9. The van der Waals surface area contributed by atoms with E-state index in [0.29, 0.717) is 17.7 Å². The third-order valence-corrected chi connectivity index (χ3v) is 5.22. The standard InChI is InChI=1S/C20H28N2O4/c1-12(2)9-18(21)20(25,19(23)24)11-16-15-10-14(6-5-13-3-4-13)26-17(15)7-8-22-16/h7-8,10,12-13,18,25H,3-6,9,11,21H2,1-2H3,(H,23,24). The van der Waals surface area contributed by atoms with E-state index in [0.717, 1.165) is 29.9 Å². The van der Waals surface area contributed by atoms with Crippen LogP contribution in [-0.4, -0.2) is 32.8 Å². The maximum atomic E-state index is 11.8. The lowest BCUT2D eigenvalue weighted by molar-refractivity contribution is -0.161. The van der Waals surface area contributed by atoms with E-state index in [9.17, 15) is 15.0 Å². The van der Waals surface area contributed by atoms with Crippen LogP contribution in [0.5, 0.6) is 0 Å². The fraction of sp³-hybridized carbons (Fsp3) is 0.600. The zero-order chi connectivity index (χ0) is 18.9. The summed E-state index contributed by atoms with van der Waals surface area (Å²) < 4.78 is 5.89. The molecule has 0 spiro atoms. The predicted octanol–water partition coefficient (Wildman–Crippen LogP) is 2.90. The quantitative estimate of drug-likeness (QED) is 0.634. The number of furan rings is 1. The summed E-state index contributed by atoms with van der Waals surface area (Å²) in [7, 11) is 0. The first kappa shape index (κ1) is 18.9. The third kappa shape index (κ3) is 4.07. The predicted molar refractivity (Wildman–Crippen MR) is 98.8 cm³/mol. The number of fused-ring (bicyclic) bond motifs is 1. The van der Waals surface area contributed by atoms with Crippen molar-refractivity contribution in [2.45, 2.75) is 64.0 Å². The maximum Gasteiger partial charge on any atom is 0.337 e. The lowest BCUT2D eigenvalue weighted by atomic mass is 9.84. The lowest BCUT2D eigenvalue weighted by Gasteiger charge is -2.30. The summed E-state index contributed by atoms with van der Waals surface area (Å²) in [6, 6.07) is 2.82. The maximum absolute atomic E-state index is 11.8. The van der Waals surface area contributed by atoms with Gasteiger partial charge in [-0.1, -0.05) is 26.7 Å². The van der Waals surface area contributed by atoms with Crippen LogP contribution < -0.4 is 5.73 Å². The molecule has 1 aliphatic rings. The molecule has 4 N–H and O–H groups in total. The second-order valence-electron chi connectivity index (χ2n) is 8.01. The molecule has 1 fully saturated rings. The van der Waals surface area contributed by atoms with Gasteiger partial charge in [-0.15, -0.1) is 0 Å². The minimum absolute atomic E-state index is 0.144. The second kappa shape index (κ2) is 7.37. The number of hydrogen-bond acceptors (Lipinski definition) is 5. The van der Waals surface area contributed by atoms with Gasteiger partial charge in [-0.3, -0.25) is 4.98 Å². The summed E-state index contributed by atoms with van der Waals surface area (Å²) in [5.41, 5.74) is 5.18. The first-order chi connectivity index (χ1) is 12.3. The largest absolute Gasteiger partial charge is 0.479 e. The Balaban J connectivity index is 1.86. The van der Waals surface area contributed by atoms with Gasteiger partial charge in [-0.25, -0.2) is 4.79 Å². The van der Waals surface area contributed by atoms with Crippen LogP contribution in [0.1, 0.15) is 51.0 Å². The molecule has 142 valence electrons. The minimum Gasteiger partial charge on any atom is -0.479 e.